The summed E-state index contributed by atoms with van der Waals surface area (Å²) in [7, 11) is -2.50. The molecule has 18 heavy (non-hydrogen) atoms. The van der Waals surface area contributed by atoms with Crippen LogP contribution in [0.1, 0.15) is 15.9 Å². The monoisotopic (exact) mass is 273 g/mol. The first-order valence-corrected chi connectivity index (χ1v) is 6.79. The molecule has 1 heterocycles. The maximum absolute atomic E-state index is 13.7. The Hall–Kier alpha value is -1.47. The lowest BCUT2D eigenvalue weighted by molar-refractivity contribution is 0.0696. The van der Waals surface area contributed by atoms with Crippen molar-refractivity contribution in [2.75, 3.05) is 13.6 Å². The molecule has 1 N–H and O–H groups in total. The highest BCUT2D eigenvalue weighted by Gasteiger charge is 2.34. The van der Waals surface area contributed by atoms with Crippen LogP contribution < -0.4 is 0 Å². The molecule has 2 rings (SSSR count). The predicted molar refractivity (Wildman–Crippen MR) is 61.8 cm³/mol. The Morgan fingerprint density at radius 2 is 2.17 bits per heavy atom. The Balaban J connectivity index is 2.66. The summed E-state index contributed by atoms with van der Waals surface area (Å²) in [5.74, 6) is -1.24. The van der Waals surface area contributed by atoms with Gasteiger partial charge in [-0.3, -0.25) is 4.90 Å². The van der Waals surface area contributed by atoms with Gasteiger partial charge in [0.15, 0.2) is 0 Å². The molecule has 1 aliphatic heterocycles. The number of carbonyl (C=O) groups is 1. The van der Waals surface area contributed by atoms with Crippen LogP contribution in [0.4, 0.5) is 4.39 Å². The number of hydrogen-bond acceptors (Lipinski definition) is 4. The highest BCUT2D eigenvalue weighted by molar-refractivity contribution is 7.92. The van der Waals surface area contributed by atoms with Crippen LogP contribution in [-0.2, 0) is 16.4 Å². The molecule has 0 aromatic heterocycles. The lowest BCUT2D eigenvalue weighted by Crippen LogP contribution is -2.27. The minimum Gasteiger partial charge on any atom is -0.478 e. The zero-order valence-electron chi connectivity index (χ0n) is 9.63. The number of rotatable bonds is 1. The Kier molecular flexibility index (Phi) is 3.12. The van der Waals surface area contributed by atoms with Crippen molar-refractivity contribution in [3.05, 3.63) is 29.3 Å². The zero-order valence-corrected chi connectivity index (χ0v) is 10.4. The SMILES string of the molecule is CN1Cc2ccc(C(=O)O)cc2S(=O)(=O)C(F)C1. The van der Waals surface area contributed by atoms with Crippen molar-refractivity contribution in [2.24, 2.45) is 0 Å². The maximum Gasteiger partial charge on any atom is 0.335 e. The van der Waals surface area contributed by atoms with Gasteiger partial charge in [0.25, 0.3) is 0 Å². The van der Waals surface area contributed by atoms with E-state index in [1.165, 1.54) is 12.1 Å². The number of sulfone groups is 1. The third kappa shape index (κ3) is 2.11. The van der Waals surface area contributed by atoms with E-state index in [9.17, 15) is 17.6 Å². The first-order valence-electron chi connectivity index (χ1n) is 5.25. The fraction of sp³-hybridized carbons (Fsp3) is 0.364. The molecule has 1 aliphatic rings. The molecule has 0 bridgehead atoms. The molecule has 1 atom stereocenters. The van der Waals surface area contributed by atoms with Gasteiger partial charge in [-0.25, -0.2) is 17.6 Å². The summed E-state index contributed by atoms with van der Waals surface area (Å²) in [4.78, 5) is 12.2. The van der Waals surface area contributed by atoms with Crippen molar-refractivity contribution in [3.8, 4) is 0 Å². The van der Waals surface area contributed by atoms with E-state index in [-0.39, 0.29) is 23.5 Å². The van der Waals surface area contributed by atoms with E-state index >= 15 is 0 Å². The smallest absolute Gasteiger partial charge is 0.335 e. The quantitative estimate of drug-likeness (QED) is 0.822. The van der Waals surface area contributed by atoms with Gasteiger partial charge in [0.2, 0.25) is 15.3 Å². The molecule has 1 aromatic rings. The van der Waals surface area contributed by atoms with E-state index in [0.717, 1.165) is 6.07 Å². The van der Waals surface area contributed by atoms with E-state index in [1.54, 1.807) is 11.9 Å². The van der Waals surface area contributed by atoms with E-state index < -0.39 is 21.3 Å². The summed E-state index contributed by atoms with van der Waals surface area (Å²) in [6.45, 7) is 0.0499. The minimum absolute atomic E-state index is 0.158. The van der Waals surface area contributed by atoms with Crippen LogP contribution in [0.15, 0.2) is 23.1 Å². The van der Waals surface area contributed by atoms with Gasteiger partial charge in [-0.05, 0) is 24.7 Å². The molecular formula is C11H12FNO4S. The number of carboxylic acids is 1. The Bertz CT molecular complexity index is 599. The fourth-order valence-electron chi connectivity index (χ4n) is 1.92. The summed E-state index contributed by atoms with van der Waals surface area (Å²) in [5, 5.41) is 8.85. The standard InChI is InChI=1S/C11H12FNO4S/c1-13-5-8-3-2-7(11(14)15)4-9(8)18(16,17)10(12)6-13/h2-4,10H,5-6H2,1H3,(H,14,15). The van der Waals surface area contributed by atoms with Crippen molar-refractivity contribution >= 4 is 15.8 Å². The van der Waals surface area contributed by atoms with Crippen LogP contribution in [0.5, 0.6) is 0 Å². The van der Waals surface area contributed by atoms with Gasteiger partial charge in [0.1, 0.15) is 0 Å². The molecule has 0 fully saturated rings. The van der Waals surface area contributed by atoms with Gasteiger partial charge in [-0.15, -0.1) is 0 Å². The van der Waals surface area contributed by atoms with E-state index in [0.29, 0.717) is 5.56 Å². The van der Waals surface area contributed by atoms with Crippen molar-refractivity contribution in [2.45, 2.75) is 16.9 Å². The van der Waals surface area contributed by atoms with E-state index in [4.69, 9.17) is 5.11 Å². The van der Waals surface area contributed by atoms with Crippen molar-refractivity contribution in [3.63, 3.8) is 0 Å². The lowest BCUT2D eigenvalue weighted by Gasteiger charge is -2.13. The first kappa shape index (κ1) is 13.0. The van der Waals surface area contributed by atoms with Crippen molar-refractivity contribution in [1.82, 2.24) is 4.90 Å². The molecule has 7 heteroatoms. The first-order chi connectivity index (χ1) is 8.32. The summed E-state index contributed by atoms with van der Waals surface area (Å²) >= 11 is 0. The lowest BCUT2D eigenvalue weighted by atomic mass is 10.1. The molecule has 1 aromatic carbocycles. The molecule has 0 saturated carbocycles. The average Bonchev–Trinajstić information content (AvgIpc) is 2.35. The Morgan fingerprint density at radius 3 is 2.78 bits per heavy atom. The number of nitrogens with zero attached hydrogens (tertiary/aromatic N) is 1. The van der Waals surface area contributed by atoms with Gasteiger partial charge < -0.3 is 5.11 Å². The number of halogens is 1. The van der Waals surface area contributed by atoms with Gasteiger partial charge in [-0.1, -0.05) is 6.07 Å². The molecular weight excluding hydrogens is 261 g/mol. The molecule has 0 spiro atoms. The van der Waals surface area contributed by atoms with Gasteiger partial charge in [-0.2, -0.15) is 0 Å². The molecule has 98 valence electrons. The normalized spacial score (nSPS) is 23.1. The van der Waals surface area contributed by atoms with Gasteiger partial charge in [0, 0.05) is 13.1 Å². The molecule has 5 nitrogen and oxygen atoms in total. The number of aromatic carboxylic acids is 1. The number of fused-ring (bicyclic) bond motifs is 1. The molecule has 0 aliphatic carbocycles. The highest BCUT2D eigenvalue weighted by atomic mass is 32.2. The largest absolute Gasteiger partial charge is 0.478 e. The maximum atomic E-state index is 13.7. The fourth-order valence-corrected chi connectivity index (χ4v) is 3.43. The summed E-state index contributed by atoms with van der Waals surface area (Å²) < 4.78 is 37.6. The Morgan fingerprint density at radius 1 is 1.50 bits per heavy atom. The van der Waals surface area contributed by atoms with Crippen molar-refractivity contribution < 1.29 is 22.7 Å². The summed E-state index contributed by atoms with van der Waals surface area (Å²) in [6, 6.07) is 3.77. The second kappa shape index (κ2) is 4.33. The summed E-state index contributed by atoms with van der Waals surface area (Å²) in [6.07, 6.45) is 0. The average molecular weight is 273 g/mol. The van der Waals surface area contributed by atoms with Gasteiger partial charge in [0.05, 0.1) is 10.5 Å². The van der Waals surface area contributed by atoms with E-state index in [2.05, 4.69) is 0 Å². The number of benzene rings is 1. The molecule has 0 radical (unpaired) electrons. The van der Waals surface area contributed by atoms with Crippen LogP contribution >= 0.6 is 0 Å². The number of carboxylic acid groups (broad SMARTS) is 1. The third-order valence-corrected chi connectivity index (χ3v) is 4.67. The zero-order chi connectivity index (χ0) is 13.5. The highest BCUT2D eigenvalue weighted by Crippen LogP contribution is 2.27. The predicted octanol–water partition coefficient (Wildman–Crippen LogP) is 0.899. The molecule has 0 saturated heterocycles. The van der Waals surface area contributed by atoms with Crippen LogP contribution in [0, 0.1) is 0 Å². The Labute approximate surface area is 104 Å². The third-order valence-electron chi connectivity index (χ3n) is 2.85. The summed E-state index contributed by atoms with van der Waals surface area (Å²) in [5.41, 5.74) is -1.77. The van der Waals surface area contributed by atoms with Crippen LogP contribution in [-0.4, -0.2) is 43.5 Å². The number of alkyl halides is 1. The molecule has 1 unspecified atom stereocenters. The topological polar surface area (TPSA) is 74.7 Å². The minimum atomic E-state index is -4.12. The molecule has 0 amide bonds. The van der Waals surface area contributed by atoms with Crippen molar-refractivity contribution in [1.29, 1.82) is 0 Å². The van der Waals surface area contributed by atoms with Gasteiger partial charge >= 0.3 is 5.97 Å². The second-order valence-corrected chi connectivity index (χ2v) is 6.32. The van der Waals surface area contributed by atoms with Crippen LogP contribution in [0.3, 0.4) is 0 Å². The second-order valence-electron chi connectivity index (χ2n) is 4.28. The van der Waals surface area contributed by atoms with Crippen LogP contribution in [0.25, 0.3) is 0 Å². The van der Waals surface area contributed by atoms with E-state index in [1.807, 2.05) is 0 Å². The van der Waals surface area contributed by atoms with Crippen LogP contribution in [0.2, 0.25) is 0 Å². The number of hydrogen-bond donors (Lipinski definition) is 1.